The molecule has 0 aliphatic heterocycles. The molecule has 4 aromatic rings. The molecule has 1 N–H and O–H groups in total. The van der Waals surface area contributed by atoms with Crippen LogP contribution in [0.4, 0.5) is 5.69 Å². The van der Waals surface area contributed by atoms with Gasteiger partial charge in [0.15, 0.2) is 0 Å². The van der Waals surface area contributed by atoms with Crippen LogP contribution in [0, 0.1) is 20.8 Å². The maximum atomic E-state index is 13.0. The molecule has 0 saturated heterocycles. The van der Waals surface area contributed by atoms with Crippen molar-refractivity contribution in [3.63, 3.8) is 0 Å². The van der Waals surface area contributed by atoms with Gasteiger partial charge in [0.2, 0.25) is 0 Å². The lowest BCUT2D eigenvalue weighted by molar-refractivity contribution is 0.103. The minimum Gasteiger partial charge on any atom is -0.315 e. The molecule has 0 atom stereocenters. The highest BCUT2D eigenvalue weighted by Gasteiger charge is 2.20. The number of thiazole rings is 1. The SMILES string of the molecule is Cc1ccc(-c2ncc(C(=O)Nc3c(C)n(C)n(-c4ccccc4)c3=O)s2)c(C)c1. The number of aryl methyl sites for hydroxylation is 2. The largest absolute Gasteiger partial charge is 0.315 e. The number of hydrogen-bond acceptors (Lipinski definition) is 4. The molecular formula is C23H22N4O2S. The molecule has 0 bridgehead atoms. The van der Waals surface area contributed by atoms with E-state index in [9.17, 15) is 9.59 Å². The van der Waals surface area contributed by atoms with Crippen LogP contribution in [0.3, 0.4) is 0 Å². The van der Waals surface area contributed by atoms with Crippen LogP contribution < -0.4 is 10.9 Å². The van der Waals surface area contributed by atoms with Crippen LogP contribution in [0.25, 0.3) is 16.3 Å². The summed E-state index contributed by atoms with van der Waals surface area (Å²) in [6, 6.07) is 15.5. The Kier molecular flexibility index (Phi) is 5.13. The minimum atomic E-state index is -0.338. The Labute approximate surface area is 178 Å². The van der Waals surface area contributed by atoms with Crippen molar-refractivity contribution >= 4 is 22.9 Å². The number of para-hydroxylation sites is 1. The summed E-state index contributed by atoms with van der Waals surface area (Å²) in [5.41, 5.74) is 4.72. The van der Waals surface area contributed by atoms with Gasteiger partial charge in [-0.2, -0.15) is 0 Å². The molecule has 2 heterocycles. The van der Waals surface area contributed by atoms with Crippen LogP contribution in [-0.2, 0) is 7.05 Å². The summed E-state index contributed by atoms with van der Waals surface area (Å²) in [7, 11) is 1.80. The number of nitrogens with zero attached hydrogens (tertiary/aromatic N) is 3. The lowest BCUT2D eigenvalue weighted by Gasteiger charge is -2.07. The number of rotatable bonds is 4. The van der Waals surface area contributed by atoms with Gasteiger partial charge < -0.3 is 5.32 Å². The second-order valence-corrected chi connectivity index (χ2v) is 8.27. The highest BCUT2D eigenvalue weighted by Crippen LogP contribution is 2.29. The van der Waals surface area contributed by atoms with Gasteiger partial charge in [-0.15, -0.1) is 11.3 Å². The quantitative estimate of drug-likeness (QED) is 0.531. The Bertz CT molecular complexity index is 1300. The molecule has 6 nitrogen and oxygen atoms in total. The summed E-state index contributed by atoms with van der Waals surface area (Å²) in [4.78, 5) is 30.7. The van der Waals surface area contributed by atoms with Gasteiger partial charge in [0.25, 0.3) is 11.5 Å². The topological polar surface area (TPSA) is 68.9 Å². The Balaban J connectivity index is 1.64. The molecule has 0 unspecified atom stereocenters. The van der Waals surface area contributed by atoms with Crippen molar-refractivity contribution in [1.29, 1.82) is 0 Å². The van der Waals surface area contributed by atoms with E-state index in [2.05, 4.69) is 16.4 Å². The summed E-state index contributed by atoms with van der Waals surface area (Å²) < 4.78 is 3.28. The first-order chi connectivity index (χ1) is 14.4. The van der Waals surface area contributed by atoms with Crippen LogP contribution in [0.1, 0.15) is 26.5 Å². The Morgan fingerprint density at radius 2 is 1.80 bits per heavy atom. The van der Waals surface area contributed by atoms with E-state index in [0.29, 0.717) is 10.6 Å². The molecule has 0 radical (unpaired) electrons. The first kappa shape index (κ1) is 19.8. The molecule has 152 valence electrons. The van der Waals surface area contributed by atoms with E-state index in [1.807, 2.05) is 63.2 Å². The minimum absolute atomic E-state index is 0.270. The highest BCUT2D eigenvalue weighted by molar-refractivity contribution is 7.17. The van der Waals surface area contributed by atoms with E-state index in [-0.39, 0.29) is 17.2 Å². The summed E-state index contributed by atoms with van der Waals surface area (Å²) in [6.07, 6.45) is 1.56. The smallest absolute Gasteiger partial charge is 0.295 e. The van der Waals surface area contributed by atoms with E-state index in [0.717, 1.165) is 21.8 Å². The zero-order chi connectivity index (χ0) is 21.4. The molecule has 0 spiro atoms. The molecule has 30 heavy (non-hydrogen) atoms. The molecule has 2 aromatic carbocycles. The van der Waals surface area contributed by atoms with Gasteiger partial charge >= 0.3 is 0 Å². The normalized spacial score (nSPS) is 10.9. The van der Waals surface area contributed by atoms with Gasteiger partial charge in [0, 0.05) is 12.6 Å². The molecule has 0 fully saturated rings. The zero-order valence-electron chi connectivity index (χ0n) is 17.3. The number of anilines is 1. The van der Waals surface area contributed by atoms with Crippen molar-refractivity contribution in [2.24, 2.45) is 7.05 Å². The predicted octanol–water partition coefficient (Wildman–Crippen LogP) is 4.48. The van der Waals surface area contributed by atoms with E-state index in [1.165, 1.54) is 16.9 Å². The molecule has 2 aromatic heterocycles. The molecule has 1 amide bonds. The van der Waals surface area contributed by atoms with Crippen molar-refractivity contribution in [1.82, 2.24) is 14.3 Å². The van der Waals surface area contributed by atoms with Gasteiger partial charge in [0.1, 0.15) is 15.6 Å². The van der Waals surface area contributed by atoms with E-state index >= 15 is 0 Å². The fourth-order valence-corrected chi connectivity index (χ4v) is 4.35. The van der Waals surface area contributed by atoms with Crippen LogP contribution in [0.2, 0.25) is 0 Å². The van der Waals surface area contributed by atoms with Crippen molar-refractivity contribution < 1.29 is 4.79 Å². The predicted molar refractivity (Wildman–Crippen MR) is 121 cm³/mol. The monoisotopic (exact) mass is 418 g/mol. The zero-order valence-corrected chi connectivity index (χ0v) is 18.1. The maximum Gasteiger partial charge on any atom is 0.295 e. The van der Waals surface area contributed by atoms with Gasteiger partial charge in [-0.1, -0.05) is 42.0 Å². The Morgan fingerprint density at radius 1 is 1.07 bits per heavy atom. The molecular weight excluding hydrogens is 396 g/mol. The standard InChI is InChI=1S/C23H22N4O2S/c1-14-10-11-18(15(2)12-14)22-24-13-19(30-22)21(28)25-20-16(3)26(4)27(23(20)29)17-8-6-5-7-9-17/h5-13H,1-4H3,(H,25,28). The average molecular weight is 419 g/mol. The summed E-state index contributed by atoms with van der Waals surface area (Å²) in [6.45, 7) is 5.88. The third-order valence-corrected chi connectivity index (χ3v) is 6.16. The molecule has 0 saturated carbocycles. The molecule has 0 aliphatic carbocycles. The third-order valence-electron chi connectivity index (χ3n) is 5.13. The second kappa shape index (κ2) is 7.76. The van der Waals surface area contributed by atoms with Crippen LogP contribution in [0.15, 0.2) is 59.5 Å². The number of nitrogens with one attached hydrogen (secondary N) is 1. The van der Waals surface area contributed by atoms with Gasteiger partial charge in [-0.25, -0.2) is 9.67 Å². The second-order valence-electron chi connectivity index (χ2n) is 7.24. The summed E-state index contributed by atoms with van der Waals surface area (Å²) in [5.74, 6) is -0.338. The molecule has 0 aliphatic rings. The van der Waals surface area contributed by atoms with E-state index < -0.39 is 0 Å². The summed E-state index contributed by atoms with van der Waals surface area (Å²) in [5, 5.41) is 3.57. The van der Waals surface area contributed by atoms with Crippen molar-refractivity contribution in [2.75, 3.05) is 5.32 Å². The maximum absolute atomic E-state index is 13.0. The number of amides is 1. The van der Waals surface area contributed by atoms with Crippen molar-refractivity contribution in [2.45, 2.75) is 20.8 Å². The molecule has 4 rings (SSSR count). The number of aromatic nitrogens is 3. The lowest BCUT2D eigenvalue weighted by Crippen LogP contribution is -2.22. The van der Waals surface area contributed by atoms with E-state index in [4.69, 9.17) is 0 Å². The first-order valence-corrected chi connectivity index (χ1v) is 10.4. The van der Waals surface area contributed by atoms with Crippen LogP contribution >= 0.6 is 11.3 Å². The average Bonchev–Trinajstić information content (AvgIpc) is 3.29. The first-order valence-electron chi connectivity index (χ1n) is 9.55. The highest BCUT2D eigenvalue weighted by atomic mass is 32.1. The fourth-order valence-electron chi connectivity index (χ4n) is 3.44. The van der Waals surface area contributed by atoms with Crippen LogP contribution in [-0.4, -0.2) is 20.3 Å². The van der Waals surface area contributed by atoms with Crippen molar-refractivity contribution in [3.8, 4) is 16.3 Å². The molecule has 7 heteroatoms. The Hall–Kier alpha value is -3.45. The van der Waals surface area contributed by atoms with Gasteiger partial charge in [-0.05, 0) is 38.5 Å². The van der Waals surface area contributed by atoms with Crippen molar-refractivity contribution in [3.05, 3.63) is 86.8 Å². The Morgan fingerprint density at radius 3 is 2.50 bits per heavy atom. The number of benzene rings is 2. The fraction of sp³-hybridized carbons (Fsp3) is 0.174. The number of hydrogen-bond donors (Lipinski definition) is 1. The van der Waals surface area contributed by atoms with E-state index in [1.54, 1.807) is 22.6 Å². The van der Waals surface area contributed by atoms with Gasteiger partial charge in [0.05, 0.1) is 17.6 Å². The van der Waals surface area contributed by atoms with Gasteiger partial charge in [-0.3, -0.25) is 14.3 Å². The lowest BCUT2D eigenvalue weighted by atomic mass is 10.1. The van der Waals surface area contributed by atoms with Crippen LogP contribution in [0.5, 0.6) is 0 Å². The third kappa shape index (κ3) is 3.48. The number of carbonyl (C=O) groups excluding carboxylic acids is 1. The summed E-state index contributed by atoms with van der Waals surface area (Å²) >= 11 is 1.31. The number of carbonyl (C=O) groups is 1.